The third-order valence-electron chi connectivity index (χ3n) is 5.07. The summed E-state index contributed by atoms with van der Waals surface area (Å²) in [5.74, 6) is 0. The number of aliphatic hydroxyl groups is 1. The molecule has 1 aromatic carbocycles. The number of aliphatic hydroxyl groups excluding tert-OH is 1. The molecular weight excluding hydrogens is 266 g/mol. The second-order valence-corrected chi connectivity index (χ2v) is 6.78. The molecule has 0 unspecified atom stereocenters. The van der Waals surface area contributed by atoms with E-state index in [9.17, 15) is 9.90 Å². The van der Waals surface area contributed by atoms with Crippen LogP contribution in [-0.4, -0.2) is 24.4 Å². The lowest BCUT2D eigenvalue weighted by Crippen LogP contribution is -2.57. The highest BCUT2D eigenvalue weighted by Gasteiger charge is 2.56. The first-order chi connectivity index (χ1) is 10.2. The molecule has 2 aliphatic rings. The van der Waals surface area contributed by atoms with Crippen LogP contribution in [0.1, 0.15) is 37.7 Å². The summed E-state index contributed by atoms with van der Waals surface area (Å²) in [7, 11) is 0. The highest BCUT2D eigenvalue weighted by molar-refractivity contribution is 5.67. The monoisotopic (exact) mass is 289 g/mol. The zero-order valence-electron chi connectivity index (χ0n) is 12.3. The number of carbonyl (C=O) groups is 1. The van der Waals surface area contributed by atoms with Gasteiger partial charge in [0, 0.05) is 12.0 Å². The number of rotatable bonds is 5. The van der Waals surface area contributed by atoms with Crippen LogP contribution in [-0.2, 0) is 11.3 Å². The Kier molecular flexibility index (Phi) is 3.89. The number of carbonyl (C=O) groups excluding carboxylic acids is 1. The van der Waals surface area contributed by atoms with Gasteiger partial charge in [0.05, 0.1) is 6.61 Å². The van der Waals surface area contributed by atoms with Gasteiger partial charge in [-0.15, -0.1) is 0 Å². The molecule has 2 N–H and O–H groups in total. The largest absolute Gasteiger partial charge is 0.445 e. The Bertz CT molecular complexity index is 488. The zero-order chi connectivity index (χ0) is 14.8. The maximum Gasteiger partial charge on any atom is 0.407 e. The van der Waals surface area contributed by atoms with E-state index in [-0.39, 0.29) is 18.6 Å². The molecule has 1 spiro atoms. The molecule has 114 valence electrons. The van der Waals surface area contributed by atoms with E-state index < -0.39 is 6.09 Å². The fraction of sp³-hybridized carbons (Fsp3) is 0.588. The van der Waals surface area contributed by atoms with Crippen LogP contribution in [0.2, 0.25) is 0 Å². The molecule has 0 aromatic heterocycles. The Morgan fingerprint density at radius 3 is 2.52 bits per heavy atom. The van der Waals surface area contributed by atoms with Crippen molar-refractivity contribution in [1.82, 2.24) is 5.32 Å². The summed E-state index contributed by atoms with van der Waals surface area (Å²) in [4.78, 5) is 11.7. The summed E-state index contributed by atoms with van der Waals surface area (Å²) < 4.78 is 5.20. The van der Waals surface area contributed by atoms with Gasteiger partial charge >= 0.3 is 6.09 Å². The molecule has 1 amide bonds. The van der Waals surface area contributed by atoms with Gasteiger partial charge in [0.15, 0.2) is 0 Å². The van der Waals surface area contributed by atoms with Crippen LogP contribution >= 0.6 is 0 Å². The average Bonchev–Trinajstić information content (AvgIpc) is 2.44. The highest BCUT2D eigenvalue weighted by atomic mass is 16.5. The maximum absolute atomic E-state index is 11.7. The van der Waals surface area contributed by atoms with E-state index in [1.54, 1.807) is 0 Å². The Hall–Kier alpha value is -1.55. The Morgan fingerprint density at radius 2 is 1.95 bits per heavy atom. The van der Waals surface area contributed by atoms with Gasteiger partial charge in [-0.1, -0.05) is 36.8 Å². The van der Waals surface area contributed by atoms with Crippen LogP contribution in [0.3, 0.4) is 0 Å². The summed E-state index contributed by atoms with van der Waals surface area (Å²) in [6.07, 6.45) is 5.56. The van der Waals surface area contributed by atoms with Crippen molar-refractivity contribution >= 4 is 6.09 Å². The number of nitrogens with one attached hydrogen (secondary N) is 1. The van der Waals surface area contributed by atoms with Gasteiger partial charge in [0.2, 0.25) is 0 Å². The fourth-order valence-corrected chi connectivity index (χ4v) is 3.90. The first kappa shape index (κ1) is 14.4. The van der Waals surface area contributed by atoms with Crippen LogP contribution in [0.25, 0.3) is 0 Å². The fourth-order valence-electron chi connectivity index (χ4n) is 3.90. The van der Waals surface area contributed by atoms with Gasteiger partial charge in [0.1, 0.15) is 6.61 Å². The van der Waals surface area contributed by atoms with Crippen LogP contribution < -0.4 is 5.32 Å². The van der Waals surface area contributed by atoms with Crippen molar-refractivity contribution in [2.45, 2.75) is 38.7 Å². The number of amides is 1. The molecule has 4 nitrogen and oxygen atoms in total. The second kappa shape index (κ2) is 5.68. The lowest BCUT2D eigenvalue weighted by atomic mass is 9.45. The number of ether oxygens (including phenoxy) is 1. The third-order valence-corrected chi connectivity index (χ3v) is 5.07. The molecule has 21 heavy (non-hydrogen) atoms. The lowest BCUT2D eigenvalue weighted by Gasteiger charge is -2.60. The molecule has 1 aromatic rings. The van der Waals surface area contributed by atoms with Gasteiger partial charge in [0.25, 0.3) is 0 Å². The van der Waals surface area contributed by atoms with E-state index in [4.69, 9.17) is 4.74 Å². The lowest BCUT2D eigenvalue weighted by molar-refractivity contribution is -0.118. The molecule has 2 aliphatic carbocycles. The van der Waals surface area contributed by atoms with E-state index in [1.165, 1.54) is 19.3 Å². The number of hydrogen-bond acceptors (Lipinski definition) is 3. The molecule has 0 radical (unpaired) electrons. The van der Waals surface area contributed by atoms with Crippen LogP contribution in [0.15, 0.2) is 30.3 Å². The molecule has 0 saturated heterocycles. The maximum atomic E-state index is 11.7. The standard InChI is InChI=1S/C17H23NO3/c19-13-17(10-16(11-17)7-4-8-16)12-18-15(20)21-9-14-5-2-1-3-6-14/h1-3,5-6,19H,4,7-13H2,(H,18,20). The molecule has 0 heterocycles. The smallest absolute Gasteiger partial charge is 0.407 e. The number of alkyl carbamates (subject to hydrolysis) is 1. The van der Waals surface area contributed by atoms with Gasteiger partial charge in [-0.05, 0) is 36.7 Å². The quantitative estimate of drug-likeness (QED) is 0.876. The molecular formula is C17H23NO3. The van der Waals surface area contributed by atoms with E-state index >= 15 is 0 Å². The first-order valence-corrected chi connectivity index (χ1v) is 7.71. The summed E-state index contributed by atoms with van der Waals surface area (Å²) in [5, 5.41) is 12.4. The summed E-state index contributed by atoms with van der Waals surface area (Å²) >= 11 is 0. The Labute approximate surface area is 125 Å². The normalized spacial score (nSPS) is 21.2. The predicted molar refractivity (Wildman–Crippen MR) is 79.7 cm³/mol. The van der Waals surface area contributed by atoms with Crippen LogP contribution in [0, 0.1) is 10.8 Å². The summed E-state index contributed by atoms with van der Waals surface area (Å²) in [5.41, 5.74) is 1.34. The van der Waals surface area contributed by atoms with Crippen molar-refractivity contribution in [2.75, 3.05) is 13.2 Å². The van der Waals surface area contributed by atoms with Gasteiger partial charge in [-0.25, -0.2) is 4.79 Å². The van der Waals surface area contributed by atoms with Crippen LogP contribution in [0.4, 0.5) is 4.79 Å². The third kappa shape index (κ3) is 3.05. The van der Waals surface area contributed by atoms with Crippen molar-refractivity contribution in [3.8, 4) is 0 Å². The highest BCUT2D eigenvalue weighted by Crippen LogP contribution is 2.63. The Balaban J connectivity index is 1.41. The van der Waals surface area contributed by atoms with Crippen molar-refractivity contribution < 1.29 is 14.6 Å². The van der Waals surface area contributed by atoms with Crippen LogP contribution in [0.5, 0.6) is 0 Å². The van der Waals surface area contributed by atoms with Crippen molar-refractivity contribution in [3.05, 3.63) is 35.9 Å². The number of hydrogen-bond donors (Lipinski definition) is 2. The average molecular weight is 289 g/mol. The predicted octanol–water partition coefficient (Wildman–Crippen LogP) is 2.86. The number of benzene rings is 1. The minimum absolute atomic E-state index is 0.119. The second-order valence-electron chi connectivity index (χ2n) is 6.78. The van der Waals surface area contributed by atoms with Crippen molar-refractivity contribution in [1.29, 1.82) is 0 Å². The van der Waals surface area contributed by atoms with E-state index in [1.807, 2.05) is 30.3 Å². The molecule has 2 fully saturated rings. The van der Waals surface area contributed by atoms with Gasteiger partial charge < -0.3 is 15.2 Å². The molecule has 4 heteroatoms. The Morgan fingerprint density at radius 1 is 1.24 bits per heavy atom. The molecule has 0 atom stereocenters. The van der Waals surface area contributed by atoms with Crippen molar-refractivity contribution in [2.24, 2.45) is 10.8 Å². The minimum Gasteiger partial charge on any atom is -0.445 e. The topological polar surface area (TPSA) is 58.6 Å². The van der Waals surface area contributed by atoms with Crippen molar-refractivity contribution in [3.63, 3.8) is 0 Å². The van der Waals surface area contributed by atoms with E-state index in [0.29, 0.717) is 12.0 Å². The van der Waals surface area contributed by atoms with E-state index in [2.05, 4.69) is 5.32 Å². The molecule has 3 rings (SSSR count). The molecule has 0 bridgehead atoms. The zero-order valence-corrected chi connectivity index (χ0v) is 12.3. The molecule has 0 aliphatic heterocycles. The summed E-state index contributed by atoms with van der Waals surface area (Å²) in [6, 6.07) is 9.62. The van der Waals surface area contributed by atoms with Gasteiger partial charge in [-0.3, -0.25) is 0 Å². The summed E-state index contributed by atoms with van der Waals surface area (Å²) in [6.45, 7) is 0.940. The minimum atomic E-state index is -0.402. The van der Waals surface area contributed by atoms with E-state index in [0.717, 1.165) is 18.4 Å². The molecule has 2 saturated carbocycles. The SMILES string of the molecule is O=C(NCC1(CO)CC2(CCC2)C1)OCc1ccccc1. The first-order valence-electron chi connectivity index (χ1n) is 7.71. The van der Waals surface area contributed by atoms with Gasteiger partial charge in [-0.2, -0.15) is 0 Å².